The van der Waals surface area contributed by atoms with Gasteiger partial charge in [0.2, 0.25) is 0 Å². The topological polar surface area (TPSA) is 26.5 Å². The summed E-state index contributed by atoms with van der Waals surface area (Å²) in [6, 6.07) is 12.0. The van der Waals surface area contributed by atoms with Gasteiger partial charge in [-0.3, -0.25) is 4.99 Å². The molecule has 0 saturated heterocycles. The zero-order valence-electron chi connectivity index (χ0n) is 10.7. The van der Waals surface area contributed by atoms with E-state index in [0.29, 0.717) is 0 Å². The number of methoxy groups -OCH3 is 1. The Morgan fingerprint density at radius 3 is 2.42 bits per heavy atom. The zero-order valence-corrected chi connectivity index (χ0v) is 10.7. The number of rotatable bonds is 3. The van der Waals surface area contributed by atoms with Gasteiger partial charge >= 0.3 is 0 Å². The van der Waals surface area contributed by atoms with E-state index in [-0.39, 0.29) is 0 Å². The molecule has 0 atom stereocenters. The summed E-state index contributed by atoms with van der Waals surface area (Å²) >= 11 is 0. The third kappa shape index (κ3) is 2.22. The fraction of sp³-hybridized carbons (Fsp3) is 0.0625. The molecule has 1 aromatic heterocycles. The van der Waals surface area contributed by atoms with Crippen molar-refractivity contribution >= 4 is 11.9 Å². The molecular formula is C16H14N2O. The molecule has 2 heterocycles. The number of ether oxygens (including phenoxy) is 1. The molecule has 0 aliphatic carbocycles. The monoisotopic (exact) mass is 250 g/mol. The van der Waals surface area contributed by atoms with Crippen LogP contribution in [-0.4, -0.2) is 17.9 Å². The van der Waals surface area contributed by atoms with Crippen LogP contribution in [0.25, 0.3) is 5.70 Å². The SMILES string of the molecule is COc1ccc(/C(=C2/C=CC=N2)n2cccc2)cc1. The Morgan fingerprint density at radius 1 is 1.11 bits per heavy atom. The highest BCUT2D eigenvalue weighted by Crippen LogP contribution is 2.26. The highest BCUT2D eigenvalue weighted by atomic mass is 16.5. The summed E-state index contributed by atoms with van der Waals surface area (Å²) in [6.45, 7) is 0. The van der Waals surface area contributed by atoms with Gasteiger partial charge in [-0.2, -0.15) is 0 Å². The first-order valence-electron chi connectivity index (χ1n) is 6.11. The average molecular weight is 250 g/mol. The van der Waals surface area contributed by atoms with Gasteiger partial charge < -0.3 is 9.30 Å². The predicted molar refractivity (Wildman–Crippen MR) is 77.4 cm³/mol. The van der Waals surface area contributed by atoms with Gasteiger partial charge in [0, 0.05) is 24.2 Å². The molecule has 94 valence electrons. The van der Waals surface area contributed by atoms with Crippen LogP contribution >= 0.6 is 0 Å². The molecule has 1 aliphatic rings. The highest BCUT2D eigenvalue weighted by molar-refractivity contribution is 5.83. The van der Waals surface area contributed by atoms with Crippen molar-refractivity contribution < 1.29 is 4.74 Å². The lowest BCUT2D eigenvalue weighted by atomic mass is 10.1. The van der Waals surface area contributed by atoms with Crippen LogP contribution < -0.4 is 4.74 Å². The molecule has 3 nitrogen and oxygen atoms in total. The van der Waals surface area contributed by atoms with E-state index in [4.69, 9.17) is 4.74 Å². The van der Waals surface area contributed by atoms with Crippen LogP contribution in [-0.2, 0) is 0 Å². The van der Waals surface area contributed by atoms with Gasteiger partial charge in [-0.05, 0) is 48.6 Å². The Kier molecular flexibility index (Phi) is 3.02. The maximum Gasteiger partial charge on any atom is 0.118 e. The molecule has 0 fully saturated rings. The quantitative estimate of drug-likeness (QED) is 0.820. The first kappa shape index (κ1) is 11.5. The summed E-state index contributed by atoms with van der Waals surface area (Å²) in [4.78, 5) is 4.40. The number of hydrogen-bond acceptors (Lipinski definition) is 2. The standard InChI is InChI=1S/C16H14N2O/c1-19-14-8-6-13(7-9-14)16(15-5-4-10-17-15)18-11-2-3-12-18/h2-12H,1H3/b16-15+. The van der Waals surface area contributed by atoms with Gasteiger partial charge in [-0.25, -0.2) is 0 Å². The maximum absolute atomic E-state index is 5.20. The van der Waals surface area contributed by atoms with E-state index in [1.807, 2.05) is 67.2 Å². The average Bonchev–Trinajstić information content (AvgIpc) is 3.13. The van der Waals surface area contributed by atoms with Crippen molar-refractivity contribution in [3.63, 3.8) is 0 Å². The van der Waals surface area contributed by atoms with Gasteiger partial charge in [-0.15, -0.1) is 0 Å². The van der Waals surface area contributed by atoms with Crippen molar-refractivity contribution in [3.8, 4) is 5.75 Å². The van der Waals surface area contributed by atoms with Crippen LogP contribution in [0.5, 0.6) is 5.75 Å². The summed E-state index contributed by atoms with van der Waals surface area (Å²) in [6.07, 6.45) is 9.81. The van der Waals surface area contributed by atoms with Crippen LogP contribution in [0, 0.1) is 0 Å². The fourth-order valence-electron chi connectivity index (χ4n) is 2.10. The van der Waals surface area contributed by atoms with Crippen molar-refractivity contribution in [1.82, 2.24) is 4.57 Å². The molecule has 0 saturated carbocycles. The van der Waals surface area contributed by atoms with Crippen molar-refractivity contribution in [2.24, 2.45) is 4.99 Å². The second-order valence-corrected chi connectivity index (χ2v) is 4.19. The van der Waals surface area contributed by atoms with E-state index >= 15 is 0 Å². The lowest BCUT2D eigenvalue weighted by Crippen LogP contribution is -1.98. The summed E-state index contributed by atoms with van der Waals surface area (Å²) < 4.78 is 7.27. The fourth-order valence-corrected chi connectivity index (χ4v) is 2.10. The second kappa shape index (κ2) is 4.98. The zero-order chi connectivity index (χ0) is 13.1. The third-order valence-electron chi connectivity index (χ3n) is 3.02. The molecule has 3 heteroatoms. The second-order valence-electron chi connectivity index (χ2n) is 4.19. The Balaban J connectivity index is 2.12. The van der Waals surface area contributed by atoms with Crippen LogP contribution in [0.3, 0.4) is 0 Å². The van der Waals surface area contributed by atoms with Crippen LogP contribution in [0.1, 0.15) is 5.56 Å². The van der Waals surface area contributed by atoms with Gasteiger partial charge in [0.05, 0.1) is 18.5 Å². The number of aromatic nitrogens is 1. The molecule has 0 amide bonds. The first-order valence-corrected chi connectivity index (χ1v) is 6.11. The largest absolute Gasteiger partial charge is 0.497 e. The third-order valence-corrected chi connectivity index (χ3v) is 3.02. The predicted octanol–water partition coefficient (Wildman–Crippen LogP) is 3.35. The molecule has 1 aromatic carbocycles. The lowest BCUT2D eigenvalue weighted by molar-refractivity contribution is 0.415. The Morgan fingerprint density at radius 2 is 1.84 bits per heavy atom. The van der Waals surface area contributed by atoms with E-state index in [1.165, 1.54) is 0 Å². The summed E-state index contributed by atoms with van der Waals surface area (Å²) in [5.41, 5.74) is 3.13. The molecule has 0 radical (unpaired) electrons. The normalized spacial score (nSPS) is 15.8. The van der Waals surface area contributed by atoms with Crippen LogP contribution in [0.4, 0.5) is 0 Å². The Labute approximate surface area is 112 Å². The summed E-state index contributed by atoms with van der Waals surface area (Å²) in [5.74, 6) is 0.853. The van der Waals surface area contributed by atoms with Crippen molar-refractivity contribution in [2.45, 2.75) is 0 Å². The van der Waals surface area contributed by atoms with Gasteiger partial charge in [0.25, 0.3) is 0 Å². The molecular weight excluding hydrogens is 236 g/mol. The van der Waals surface area contributed by atoms with E-state index < -0.39 is 0 Å². The lowest BCUT2D eigenvalue weighted by Gasteiger charge is -2.12. The van der Waals surface area contributed by atoms with Gasteiger partial charge in [0.1, 0.15) is 5.75 Å². The molecule has 0 spiro atoms. The summed E-state index contributed by atoms with van der Waals surface area (Å²) in [7, 11) is 1.67. The molecule has 3 rings (SSSR count). The van der Waals surface area contributed by atoms with Crippen molar-refractivity contribution in [1.29, 1.82) is 0 Å². The number of benzene rings is 1. The smallest absolute Gasteiger partial charge is 0.118 e. The van der Waals surface area contributed by atoms with E-state index in [2.05, 4.69) is 9.56 Å². The molecule has 19 heavy (non-hydrogen) atoms. The molecule has 0 unspecified atom stereocenters. The minimum Gasteiger partial charge on any atom is -0.497 e. The van der Waals surface area contributed by atoms with Gasteiger partial charge in [-0.1, -0.05) is 0 Å². The number of aliphatic imine (C=N–C) groups is 1. The van der Waals surface area contributed by atoms with E-state index in [9.17, 15) is 0 Å². The van der Waals surface area contributed by atoms with Crippen LogP contribution in [0.15, 0.2) is 71.6 Å². The Bertz CT molecular complexity index is 633. The highest BCUT2D eigenvalue weighted by Gasteiger charge is 2.10. The molecule has 2 aromatic rings. The summed E-state index contributed by atoms with van der Waals surface area (Å²) in [5, 5.41) is 0. The molecule has 0 bridgehead atoms. The number of allylic oxidation sites excluding steroid dienone is 2. The molecule has 0 N–H and O–H groups in total. The van der Waals surface area contributed by atoms with E-state index in [1.54, 1.807) is 7.11 Å². The number of hydrogen-bond donors (Lipinski definition) is 0. The van der Waals surface area contributed by atoms with Crippen molar-refractivity contribution in [2.75, 3.05) is 7.11 Å². The molecule has 1 aliphatic heterocycles. The maximum atomic E-state index is 5.20. The van der Waals surface area contributed by atoms with E-state index in [0.717, 1.165) is 22.7 Å². The van der Waals surface area contributed by atoms with Crippen molar-refractivity contribution in [3.05, 3.63) is 72.2 Å². The minimum atomic E-state index is 0.853. The van der Waals surface area contributed by atoms with Crippen LogP contribution in [0.2, 0.25) is 0 Å². The number of nitrogens with zero attached hydrogens (tertiary/aromatic N) is 2. The first-order chi connectivity index (χ1) is 9.38. The Hall–Kier alpha value is -2.55. The minimum absolute atomic E-state index is 0.853. The van der Waals surface area contributed by atoms with Gasteiger partial charge in [0.15, 0.2) is 0 Å².